The molecule has 0 radical (unpaired) electrons. The summed E-state index contributed by atoms with van der Waals surface area (Å²) >= 11 is 0. The molecular weight excluding hydrogens is 226 g/mol. The summed E-state index contributed by atoms with van der Waals surface area (Å²) in [4.78, 5) is 13.4. The van der Waals surface area contributed by atoms with Crippen molar-refractivity contribution in [2.75, 3.05) is 25.0 Å². The fourth-order valence-electron chi connectivity index (χ4n) is 1.43. The van der Waals surface area contributed by atoms with Gasteiger partial charge in [0, 0.05) is 6.07 Å². The molecule has 0 saturated heterocycles. The molecule has 0 aliphatic heterocycles. The summed E-state index contributed by atoms with van der Waals surface area (Å²) in [5, 5.41) is 2.35. The lowest BCUT2D eigenvalue weighted by Crippen LogP contribution is -2.33. The molecule has 1 rings (SSSR count). The Bertz CT molecular complexity index is 392. The zero-order chi connectivity index (χ0) is 12.8. The third-order valence-corrected chi connectivity index (χ3v) is 2.46. The molecule has 0 saturated carbocycles. The highest BCUT2D eigenvalue weighted by molar-refractivity contribution is 5.92. The van der Waals surface area contributed by atoms with Gasteiger partial charge in [-0.1, -0.05) is 13.8 Å². The van der Waals surface area contributed by atoms with Gasteiger partial charge in [-0.2, -0.15) is 0 Å². The lowest BCUT2D eigenvalue weighted by atomic mass is 10.3. The normalized spacial score (nSPS) is 10.6. The van der Waals surface area contributed by atoms with Crippen LogP contribution in [0.2, 0.25) is 0 Å². The van der Waals surface area contributed by atoms with E-state index in [9.17, 15) is 13.6 Å². The number of benzene rings is 1. The van der Waals surface area contributed by atoms with Gasteiger partial charge in [0.1, 0.15) is 11.6 Å². The Balaban J connectivity index is 2.64. The Morgan fingerprint density at radius 3 is 2.53 bits per heavy atom. The van der Waals surface area contributed by atoms with E-state index in [0.29, 0.717) is 0 Å². The van der Waals surface area contributed by atoms with Crippen molar-refractivity contribution in [3.05, 3.63) is 29.8 Å². The van der Waals surface area contributed by atoms with E-state index in [1.165, 1.54) is 0 Å². The third-order valence-electron chi connectivity index (χ3n) is 2.46. The van der Waals surface area contributed by atoms with E-state index in [-0.39, 0.29) is 18.1 Å². The van der Waals surface area contributed by atoms with E-state index >= 15 is 0 Å². The Kier molecular flexibility index (Phi) is 5.03. The summed E-state index contributed by atoms with van der Waals surface area (Å²) in [6.45, 7) is 5.49. The molecule has 17 heavy (non-hydrogen) atoms. The van der Waals surface area contributed by atoms with Crippen molar-refractivity contribution in [1.29, 1.82) is 0 Å². The minimum Gasteiger partial charge on any atom is -0.322 e. The Hall–Kier alpha value is -1.49. The molecule has 1 aromatic carbocycles. The molecule has 0 atom stereocenters. The summed E-state index contributed by atoms with van der Waals surface area (Å²) in [7, 11) is 0. The first-order valence-corrected chi connectivity index (χ1v) is 5.54. The first-order chi connectivity index (χ1) is 8.06. The van der Waals surface area contributed by atoms with Gasteiger partial charge in [-0.25, -0.2) is 8.78 Å². The number of carbonyl (C=O) groups excluding carboxylic acids is 1. The lowest BCUT2D eigenvalue weighted by molar-refractivity contribution is -0.117. The topological polar surface area (TPSA) is 32.3 Å². The molecule has 0 heterocycles. The van der Waals surface area contributed by atoms with Crippen LogP contribution >= 0.6 is 0 Å². The molecule has 0 aliphatic rings. The second kappa shape index (κ2) is 6.30. The molecule has 0 spiro atoms. The maximum atomic E-state index is 13.2. The van der Waals surface area contributed by atoms with Gasteiger partial charge in [-0.05, 0) is 25.2 Å². The summed E-state index contributed by atoms with van der Waals surface area (Å²) in [5.41, 5.74) is -0.123. The molecule has 0 aliphatic carbocycles. The Morgan fingerprint density at radius 2 is 1.94 bits per heavy atom. The molecule has 94 valence electrons. The smallest absolute Gasteiger partial charge is 0.238 e. The number of likely N-dealkylation sites (N-methyl/N-ethyl adjacent to an activating group) is 1. The number of rotatable bonds is 5. The fraction of sp³-hybridized carbons (Fsp3) is 0.417. The average molecular weight is 242 g/mol. The highest BCUT2D eigenvalue weighted by atomic mass is 19.1. The second-order valence-electron chi connectivity index (χ2n) is 3.63. The van der Waals surface area contributed by atoms with Crippen molar-refractivity contribution in [1.82, 2.24) is 4.90 Å². The predicted octanol–water partition coefficient (Wildman–Crippen LogP) is 2.25. The highest BCUT2D eigenvalue weighted by Gasteiger charge is 2.10. The molecule has 0 unspecified atom stereocenters. The summed E-state index contributed by atoms with van der Waals surface area (Å²) < 4.78 is 26.1. The average Bonchev–Trinajstić information content (AvgIpc) is 2.31. The van der Waals surface area contributed by atoms with Gasteiger partial charge in [0.15, 0.2) is 0 Å². The van der Waals surface area contributed by atoms with E-state index in [1.54, 1.807) is 0 Å². The van der Waals surface area contributed by atoms with Crippen LogP contribution in [0.3, 0.4) is 0 Å². The molecule has 0 aromatic heterocycles. The second-order valence-corrected chi connectivity index (χ2v) is 3.63. The number of hydrogen-bond donors (Lipinski definition) is 1. The van der Waals surface area contributed by atoms with Crippen molar-refractivity contribution in [3.8, 4) is 0 Å². The van der Waals surface area contributed by atoms with Gasteiger partial charge in [0.25, 0.3) is 0 Å². The van der Waals surface area contributed by atoms with Crippen LogP contribution < -0.4 is 5.32 Å². The molecular formula is C12H16F2N2O. The molecule has 1 amide bonds. The number of carbonyl (C=O) groups is 1. The number of nitrogens with zero attached hydrogens (tertiary/aromatic N) is 1. The van der Waals surface area contributed by atoms with Crippen molar-refractivity contribution in [2.24, 2.45) is 0 Å². The summed E-state index contributed by atoms with van der Waals surface area (Å²) in [6, 6.07) is 2.97. The van der Waals surface area contributed by atoms with Crippen molar-refractivity contribution < 1.29 is 13.6 Å². The maximum absolute atomic E-state index is 13.2. The third kappa shape index (κ3) is 4.11. The van der Waals surface area contributed by atoms with Gasteiger partial charge < -0.3 is 5.32 Å². The number of halogens is 2. The van der Waals surface area contributed by atoms with Crippen LogP contribution in [0.5, 0.6) is 0 Å². The Morgan fingerprint density at radius 1 is 1.29 bits per heavy atom. The number of nitrogens with one attached hydrogen (secondary N) is 1. The van der Waals surface area contributed by atoms with Crippen LogP contribution in [-0.4, -0.2) is 30.4 Å². The summed E-state index contributed by atoms with van der Waals surface area (Å²) in [5.74, 6) is -1.57. The van der Waals surface area contributed by atoms with Gasteiger partial charge in [-0.15, -0.1) is 0 Å². The zero-order valence-corrected chi connectivity index (χ0v) is 9.96. The largest absolute Gasteiger partial charge is 0.322 e. The molecule has 1 N–H and O–H groups in total. The van der Waals surface area contributed by atoms with Crippen LogP contribution in [-0.2, 0) is 4.79 Å². The van der Waals surface area contributed by atoms with E-state index in [4.69, 9.17) is 0 Å². The minimum absolute atomic E-state index is 0.123. The monoisotopic (exact) mass is 242 g/mol. The van der Waals surface area contributed by atoms with Crippen LogP contribution in [0.25, 0.3) is 0 Å². The number of anilines is 1. The van der Waals surface area contributed by atoms with E-state index in [2.05, 4.69) is 5.32 Å². The van der Waals surface area contributed by atoms with Gasteiger partial charge in [0.05, 0.1) is 12.2 Å². The molecule has 0 bridgehead atoms. The van der Waals surface area contributed by atoms with Crippen LogP contribution in [0.4, 0.5) is 14.5 Å². The molecule has 5 heteroatoms. The van der Waals surface area contributed by atoms with Crippen LogP contribution in [0, 0.1) is 11.6 Å². The van der Waals surface area contributed by atoms with Crippen molar-refractivity contribution in [3.63, 3.8) is 0 Å². The predicted molar refractivity (Wildman–Crippen MR) is 62.8 cm³/mol. The van der Waals surface area contributed by atoms with Crippen LogP contribution in [0.15, 0.2) is 18.2 Å². The summed E-state index contributed by atoms with van der Waals surface area (Å²) in [6.07, 6.45) is 0. The Labute approximate surface area is 99.4 Å². The first kappa shape index (κ1) is 13.6. The van der Waals surface area contributed by atoms with Gasteiger partial charge in [-0.3, -0.25) is 9.69 Å². The van der Waals surface area contributed by atoms with E-state index in [0.717, 1.165) is 31.3 Å². The van der Waals surface area contributed by atoms with Gasteiger partial charge in [0.2, 0.25) is 5.91 Å². The fourth-order valence-corrected chi connectivity index (χ4v) is 1.43. The quantitative estimate of drug-likeness (QED) is 0.858. The first-order valence-electron chi connectivity index (χ1n) is 5.54. The van der Waals surface area contributed by atoms with E-state index < -0.39 is 11.6 Å². The minimum atomic E-state index is -0.640. The number of amides is 1. The lowest BCUT2D eigenvalue weighted by Gasteiger charge is -2.17. The van der Waals surface area contributed by atoms with Gasteiger partial charge >= 0.3 is 0 Å². The molecule has 0 fully saturated rings. The standard InChI is InChI=1S/C12H16F2N2O/c1-3-16(4-2)8-12(17)15-11-7-9(13)5-6-10(11)14/h5-7H,3-4,8H2,1-2H3,(H,15,17). The van der Waals surface area contributed by atoms with Crippen molar-refractivity contribution in [2.45, 2.75) is 13.8 Å². The molecule has 3 nitrogen and oxygen atoms in total. The van der Waals surface area contributed by atoms with E-state index in [1.807, 2.05) is 18.7 Å². The highest BCUT2D eigenvalue weighted by Crippen LogP contribution is 2.15. The number of hydrogen-bond acceptors (Lipinski definition) is 2. The SMILES string of the molecule is CCN(CC)CC(=O)Nc1cc(F)ccc1F. The van der Waals surface area contributed by atoms with Crippen molar-refractivity contribution >= 4 is 11.6 Å². The maximum Gasteiger partial charge on any atom is 0.238 e. The molecule has 1 aromatic rings. The van der Waals surface area contributed by atoms with Crippen LogP contribution in [0.1, 0.15) is 13.8 Å². The zero-order valence-electron chi connectivity index (χ0n) is 9.96.